The molecule has 1 heterocycles. The molecule has 2 aromatic carbocycles. The first-order chi connectivity index (χ1) is 11.0. The first-order valence-electron chi connectivity index (χ1n) is 8.14. The molecule has 0 aliphatic rings. The molecule has 2 nitrogen and oxygen atoms in total. The summed E-state index contributed by atoms with van der Waals surface area (Å²) < 4.78 is 2.25. The fourth-order valence-corrected chi connectivity index (χ4v) is 2.86. The average molecular weight is 304 g/mol. The Bertz CT molecular complexity index is 760. The van der Waals surface area contributed by atoms with Crippen molar-refractivity contribution in [1.29, 1.82) is 0 Å². The third-order valence-corrected chi connectivity index (χ3v) is 4.68. The average Bonchev–Trinajstić information content (AvgIpc) is 2.94. The lowest BCUT2D eigenvalue weighted by atomic mass is 10.0. The van der Waals surface area contributed by atoms with Crippen molar-refractivity contribution >= 4 is 0 Å². The van der Waals surface area contributed by atoms with Gasteiger partial charge in [0.05, 0.1) is 6.33 Å². The number of benzene rings is 2. The fraction of sp³-hybridized carbons (Fsp3) is 0.286. The second-order valence-corrected chi connectivity index (χ2v) is 6.53. The van der Waals surface area contributed by atoms with Crippen LogP contribution in [0.2, 0.25) is 0 Å². The van der Waals surface area contributed by atoms with E-state index in [2.05, 4.69) is 73.6 Å². The van der Waals surface area contributed by atoms with E-state index in [0.29, 0.717) is 0 Å². The van der Waals surface area contributed by atoms with Crippen molar-refractivity contribution in [2.75, 3.05) is 0 Å². The second-order valence-electron chi connectivity index (χ2n) is 6.53. The largest absolute Gasteiger partial charge is 0.330 e. The summed E-state index contributed by atoms with van der Waals surface area (Å²) in [7, 11) is 0. The number of rotatable bonds is 4. The van der Waals surface area contributed by atoms with Crippen LogP contribution in [-0.4, -0.2) is 9.55 Å². The molecule has 0 saturated carbocycles. The molecular weight excluding hydrogens is 280 g/mol. The van der Waals surface area contributed by atoms with Crippen LogP contribution in [0, 0.1) is 27.7 Å². The highest BCUT2D eigenvalue weighted by Crippen LogP contribution is 2.16. The van der Waals surface area contributed by atoms with Gasteiger partial charge in [-0.3, -0.25) is 0 Å². The van der Waals surface area contributed by atoms with Crippen molar-refractivity contribution in [3.8, 4) is 0 Å². The van der Waals surface area contributed by atoms with Crippen LogP contribution in [0.25, 0.3) is 0 Å². The third kappa shape index (κ3) is 3.53. The van der Waals surface area contributed by atoms with Crippen molar-refractivity contribution in [3.05, 3.63) is 88.0 Å². The Balaban J connectivity index is 1.81. The maximum Gasteiger partial charge on any atom is 0.0951 e. The molecule has 118 valence electrons. The van der Waals surface area contributed by atoms with E-state index in [4.69, 9.17) is 0 Å². The Morgan fingerprint density at radius 3 is 2.04 bits per heavy atom. The lowest BCUT2D eigenvalue weighted by molar-refractivity contribution is 0.752. The zero-order chi connectivity index (χ0) is 16.4. The van der Waals surface area contributed by atoms with Gasteiger partial charge in [-0.1, -0.05) is 36.4 Å². The molecule has 0 aliphatic heterocycles. The van der Waals surface area contributed by atoms with Gasteiger partial charge in [0.15, 0.2) is 0 Å². The summed E-state index contributed by atoms with van der Waals surface area (Å²) in [5.41, 5.74) is 9.31. The molecule has 0 bridgehead atoms. The summed E-state index contributed by atoms with van der Waals surface area (Å²) in [6.45, 7) is 9.53. The smallest absolute Gasteiger partial charge is 0.0951 e. The highest BCUT2D eigenvalue weighted by Gasteiger charge is 2.06. The first-order valence-corrected chi connectivity index (χ1v) is 8.14. The number of aryl methyl sites for hydroxylation is 4. The van der Waals surface area contributed by atoms with E-state index < -0.39 is 0 Å². The van der Waals surface area contributed by atoms with Gasteiger partial charge in [0.1, 0.15) is 0 Å². The molecular formula is C21H24N2. The summed E-state index contributed by atoms with van der Waals surface area (Å²) in [6, 6.07) is 13.4. The molecule has 0 fully saturated rings. The fourth-order valence-electron chi connectivity index (χ4n) is 2.86. The van der Waals surface area contributed by atoms with E-state index in [9.17, 15) is 0 Å². The molecule has 0 atom stereocenters. The van der Waals surface area contributed by atoms with Crippen molar-refractivity contribution < 1.29 is 0 Å². The van der Waals surface area contributed by atoms with Gasteiger partial charge < -0.3 is 4.57 Å². The predicted molar refractivity (Wildman–Crippen MR) is 96.0 cm³/mol. The van der Waals surface area contributed by atoms with Crippen LogP contribution in [0.4, 0.5) is 0 Å². The predicted octanol–water partition coefficient (Wildman–Crippen LogP) is 4.76. The van der Waals surface area contributed by atoms with Gasteiger partial charge in [0.2, 0.25) is 0 Å². The van der Waals surface area contributed by atoms with Gasteiger partial charge in [-0.25, -0.2) is 4.98 Å². The molecule has 23 heavy (non-hydrogen) atoms. The van der Waals surface area contributed by atoms with Gasteiger partial charge in [0, 0.05) is 24.9 Å². The molecule has 0 radical (unpaired) electrons. The van der Waals surface area contributed by atoms with Gasteiger partial charge in [-0.2, -0.15) is 0 Å². The van der Waals surface area contributed by atoms with Crippen LogP contribution in [0.3, 0.4) is 0 Å². The summed E-state index contributed by atoms with van der Waals surface area (Å²) in [5.74, 6) is 0. The maximum absolute atomic E-state index is 4.36. The Hall–Kier alpha value is -2.35. The van der Waals surface area contributed by atoms with Crippen molar-refractivity contribution in [2.24, 2.45) is 0 Å². The number of hydrogen-bond donors (Lipinski definition) is 0. The van der Waals surface area contributed by atoms with Crippen LogP contribution in [0.15, 0.2) is 48.9 Å². The van der Waals surface area contributed by atoms with E-state index in [1.54, 1.807) is 0 Å². The molecule has 1 aromatic heterocycles. The van der Waals surface area contributed by atoms with Gasteiger partial charge in [-0.15, -0.1) is 0 Å². The lowest BCUT2D eigenvalue weighted by Crippen LogP contribution is -2.04. The second kappa shape index (κ2) is 6.41. The molecule has 0 spiro atoms. The van der Waals surface area contributed by atoms with E-state index in [1.807, 2.05) is 12.5 Å². The van der Waals surface area contributed by atoms with Crippen molar-refractivity contribution in [2.45, 2.75) is 40.7 Å². The van der Waals surface area contributed by atoms with Gasteiger partial charge in [-0.05, 0) is 61.1 Å². The SMILES string of the molecule is Cc1ccc(Cc2cncn2Cc2ccc(C)c(C)c2)cc1C. The molecule has 0 unspecified atom stereocenters. The molecule has 3 rings (SSSR count). The van der Waals surface area contributed by atoms with E-state index in [-0.39, 0.29) is 0 Å². The van der Waals surface area contributed by atoms with Gasteiger partial charge >= 0.3 is 0 Å². The Morgan fingerprint density at radius 2 is 1.39 bits per heavy atom. The minimum atomic E-state index is 0.876. The Labute approximate surface area is 138 Å². The van der Waals surface area contributed by atoms with Gasteiger partial charge in [0.25, 0.3) is 0 Å². The Morgan fingerprint density at radius 1 is 0.783 bits per heavy atom. The third-order valence-electron chi connectivity index (χ3n) is 4.68. The standard InChI is InChI=1S/C21H24N2/c1-15-5-7-19(9-17(15)3)11-21-12-22-14-23(21)13-20-8-6-16(2)18(4)10-20/h5-10,12,14H,11,13H2,1-4H3. The van der Waals surface area contributed by atoms with Crippen LogP contribution >= 0.6 is 0 Å². The van der Waals surface area contributed by atoms with Crippen molar-refractivity contribution in [3.63, 3.8) is 0 Å². The summed E-state index contributed by atoms with van der Waals surface area (Å²) in [6.07, 6.45) is 4.84. The van der Waals surface area contributed by atoms with Crippen LogP contribution < -0.4 is 0 Å². The highest BCUT2D eigenvalue weighted by molar-refractivity contribution is 5.33. The summed E-state index contributed by atoms with van der Waals surface area (Å²) in [5, 5.41) is 0. The minimum Gasteiger partial charge on any atom is -0.330 e. The van der Waals surface area contributed by atoms with E-state index in [0.717, 1.165) is 13.0 Å². The minimum absolute atomic E-state index is 0.876. The molecule has 2 heteroatoms. The lowest BCUT2D eigenvalue weighted by Gasteiger charge is -2.11. The number of imidazole rings is 1. The summed E-state index contributed by atoms with van der Waals surface area (Å²) in [4.78, 5) is 4.36. The zero-order valence-corrected chi connectivity index (χ0v) is 14.4. The number of nitrogens with zero attached hydrogens (tertiary/aromatic N) is 2. The van der Waals surface area contributed by atoms with Crippen molar-refractivity contribution in [1.82, 2.24) is 9.55 Å². The van der Waals surface area contributed by atoms with Crippen LogP contribution in [0.5, 0.6) is 0 Å². The van der Waals surface area contributed by atoms with Crippen LogP contribution in [-0.2, 0) is 13.0 Å². The first kappa shape index (κ1) is 15.5. The molecule has 3 aromatic rings. The van der Waals surface area contributed by atoms with E-state index in [1.165, 1.54) is 39.1 Å². The number of aromatic nitrogens is 2. The quantitative estimate of drug-likeness (QED) is 0.680. The monoisotopic (exact) mass is 304 g/mol. The summed E-state index contributed by atoms with van der Waals surface area (Å²) >= 11 is 0. The topological polar surface area (TPSA) is 17.8 Å². The molecule has 0 aliphatic carbocycles. The normalized spacial score (nSPS) is 11.0. The number of hydrogen-bond acceptors (Lipinski definition) is 1. The van der Waals surface area contributed by atoms with E-state index >= 15 is 0 Å². The molecule has 0 saturated heterocycles. The van der Waals surface area contributed by atoms with Crippen LogP contribution in [0.1, 0.15) is 39.1 Å². The molecule has 0 N–H and O–H groups in total. The Kier molecular flexibility index (Phi) is 4.33. The zero-order valence-electron chi connectivity index (χ0n) is 14.4. The molecule has 0 amide bonds. The maximum atomic E-state index is 4.36. The highest BCUT2D eigenvalue weighted by atomic mass is 15.0.